The molecule has 12 nitrogen and oxygen atoms in total. The van der Waals surface area contributed by atoms with Crippen LogP contribution in [0.3, 0.4) is 0 Å². The highest BCUT2D eigenvalue weighted by atomic mass is 32.2. The Kier molecular flexibility index (Phi) is 5.59. The summed E-state index contributed by atoms with van der Waals surface area (Å²) in [6.45, 7) is 0.0436. The van der Waals surface area contributed by atoms with Crippen LogP contribution in [0.25, 0.3) is 11.0 Å². The summed E-state index contributed by atoms with van der Waals surface area (Å²) in [5.74, 6) is -1.02. The van der Waals surface area contributed by atoms with Crippen LogP contribution in [0.15, 0.2) is 51.0 Å². The molecular weight excluding hydrogens is 452 g/mol. The van der Waals surface area contributed by atoms with Crippen LogP contribution >= 0.6 is 0 Å². The number of fused-ring (bicyclic) bond motifs is 1. The first kappa shape index (κ1) is 22.4. The quantitative estimate of drug-likeness (QED) is 0.494. The molecule has 0 saturated carbocycles. The molecule has 1 saturated heterocycles. The Hall–Kier alpha value is -3.84. The van der Waals surface area contributed by atoms with Gasteiger partial charge in [-0.1, -0.05) is 6.07 Å². The zero-order chi connectivity index (χ0) is 23.9. The van der Waals surface area contributed by atoms with Gasteiger partial charge in [-0.05, 0) is 24.3 Å². The van der Waals surface area contributed by atoms with Gasteiger partial charge < -0.3 is 10.6 Å². The predicted octanol–water partition coefficient (Wildman–Crippen LogP) is -0.995. The number of piperazine rings is 1. The molecule has 0 aliphatic carbocycles. The Bertz CT molecular complexity index is 1520. The van der Waals surface area contributed by atoms with Crippen LogP contribution in [0.5, 0.6) is 0 Å². The number of nitrogens with zero attached hydrogens (tertiary/aromatic N) is 4. The van der Waals surface area contributed by atoms with Gasteiger partial charge in [-0.25, -0.2) is 18.2 Å². The maximum atomic E-state index is 12.9. The Morgan fingerprint density at radius 2 is 1.88 bits per heavy atom. The molecule has 3 heterocycles. The van der Waals surface area contributed by atoms with Crippen molar-refractivity contribution in [3.63, 3.8) is 0 Å². The maximum absolute atomic E-state index is 12.9. The molecule has 3 aromatic rings. The molecule has 1 aliphatic rings. The average molecular weight is 472 g/mol. The number of rotatable bonds is 4. The van der Waals surface area contributed by atoms with Crippen molar-refractivity contribution in [2.24, 2.45) is 14.1 Å². The van der Waals surface area contributed by atoms with Gasteiger partial charge >= 0.3 is 5.69 Å². The number of hydrogen-bond acceptors (Lipinski definition) is 7. The van der Waals surface area contributed by atoms with Crippen molar-refractivity contribution in [2.45, 2.75) is 4.90 Å². The van der Waals surface area contributed by atoms with Crippen molar-refractivity contribution in [2.75, 3.05) is 25.0 Å². The molecule has 0 spiro atoms. The lowest BCUT2D eigenvalue weighted by Gasteiger charge is -2.26. The first-order valence-corrected chi connectivity index (χ1v) is 11.3. The lowest BCUT2D eigenvalue weighted by Crippen LogP contribution is -2.49. The molecule has 33 heavy (non-hydrogen) atoms. The van der Waals surface area contributed by atoms with Gasteiger partial charge in [0.25, 0.3) is 11.5 Å². The molecule has 1 aromatic carbocycles. The number of carbonyl (C=O) groups is 2. The fourth-order valence-electron chi connectivity index (χ4n) is 3.50. The second-order valence-corrected chi connectivity index (χ2v) is 9.41. The second-order valence-electron chi connectivity index (χ2n) is 7.47. The normalized spacial score (nSPS) is 14.8. The van der Waals surface area contributed by atoms with E-state index in [4.69, 9.17) is 0 Å². The summed E-state index contributed by atoms with van der Waals surface area (Å²) < 4.78 is 29.0. The van der Waals surface area contributed by atoms with Gasteiger partial charge in [0.15, 0.2) is 0 Å². The van der Waals surface area contributed by atoms with Crippen molar-refractivity contribution in [1.29, 1.82) is 0 Å². The molecule has 1 fully saturated rings. The SMILES string of the molecule is Cn1c(=O)c2cc(NC(=O)c3cccc(S(=O)(=O)N4CCNC(=O)C4)c3)cnc2n(C)c1=O. The van der Waals surface area contributed by atoms with Crippen LogP contribution in [-0.2, 0) is 28.9 Å². The standard InChI is InChI=1S/C20H20N6O6S/c1-24-17-15(19(29)25(2)20(24)30)9-13(10-22-17)23-18(28)12-4-3-5-14(8-12)33(31,32)26-7-6-21-16(27)11-26/h3-5,8-10H,6-7,11H2,1-2H3,(H,21,27)(H,23,28). The van der Waals surface area contributed by atoms with E-state index >= 15 is 0 Å². The molecule has 4 rings (SSSR count). The Morgan fingerprint density at radius 3 is 2.61 bits per heavy atom. The van der Waals surface area contributed by atoms with Crippen LogP contribution in [-0.4, -0.2) is 58.3 Å². The Balaban J connectivity index is 1.63. The third-order valence-corrected chi connectivity index (χ3v) is 7.13. The minimum absolute atomic E-state index is 0.0611. The zero-order valence-corrected chi connectivity index (χ0v) is 18.5. The number of amides is 2. The van der Waals surface area contributed by atoms with E-state index in [1.807, 2.05) is 0 Å². The van der Waals surface area contributed by atoms with E-state index < -0.39 is 33.1 Å². The summed E-state index contributed by atoms with van der Waals surface area (Å²) >= 11 is 0. The minimum atomic E-state index is -3.97. The van der Waals surface area contributed by atoms with Crippen molar-refractivity contribution in [3.05, 3.63) is 62.9 Å². The summed E-state index contributed by atoms with van der Waals surface area (Å²) in [4.78, 5) is 52.8. The van der Waals surface area contributed by atoms with Crippen LogP contribution in [0, 0.1) is 0 Å². The molecule has 1 aliphatic heterocycles. The summed E-state index contributed by atoms with van der Waals surface area (Å²) in [6, 6.07) is 6.83. The molecule has 0 radical (unpaired) electrons. The van der Waals surface area contributed by atoms with E-state index in [1.165, 1.54) is 55.2 Å². The summed E-state index contributed by atoms with van der Waals surface area (Å²) in [7, 11) is -1.15. The zero-order valence-electron chi connectivity index (χ0n) is 17.7. The van der Waals surface area contributed by atoms with Crippen LogP contribution in [0.2, 0.25) is 0 Å². The average Bonchev–Trinajstić information content (AvgIpc) is 2.81. The maximum Gasteiger partial charge on any atom is 0.332 e. The van der Waals surface area contributed by atoms with Gasteiger partial charge in [0.05, 0.1) is 28.7 Å². The van der Waals surface area contributed by atoms with Gasteiger partial charge in [0, 0.05) is 32.7 Å². The highest BCUT2D eigenvalue weighted by molar-refractivity contribution is 7.89. The van der Waals surface area contributed by atoms with Crippen molar-refractivity contribution >= 4 is 38.6 Å². The van der Waals surface area contributed by atoms with E-state index in [2.05, 4.69) is 15.6 Å². The molecular formula is C20H20N6O6S. The molecule has 0 atom stereocenters. The molecule has 0 unspecified atom stereocenters. The van der Waals surface area contributed by atoms with E-state index in [-0.39, 0.29) is 46.8 Å². The number of aromatic nitrogens is 3. The number of nitrogens with one attached hydrogen (secondary N) is 2. The lowest BCUT2D eigenvalue weighted by molar-refractivity contribution is -0.122. The molecule has 0 bridgehead atoms. The number of anilines is 1. The highest BCUT2D eigenvalue weighted by Crippen LogP contribution is 2.19. The topological polar surface area (TPSA) is 152 Å². The molecule has 172 valence electrons. The van der Waals surface area contributed by atoms with Crippen LogP contribution < -0.4 is 21.9 Å². The van der Waals surface area contributed by atoms with Crippen molar-refractivity contribution in [1.82, 2.24) is 23.7 Å². The minimum Gasteiger partial charge on any atom is -0.354 e. The van der Waals surface area contributed by atoms with E-state index in [0.717, 1.165) is 8.87 Å². The van der Waals surface area contributed by atoms with Crippen molar-refractivity contribution < 1.29 is 18.0 Å². The predicted molar refractivity (Wildman–Crippen MR) is 118 cm³/mol. The number of sulfonamides is 1. The van der Waals surface area contributed by atoms with Gasteiger partial charge in [-0.15, -0.1) is 0 Å². The second kappa shape index (κ2) is 8.26. The number of hydrogen-bond donors (Lipinski definition) is 2. The molecule has 2 aromatic heterocycles. The summed E-state index contributed by atoms with van der Waals surface area (Å²) in [5.41, 5.74) is -0.661. The summed E-state index contributed by atoms with van der Waals surface area (Å²) in [5, 5.41) is 5.28. The lowest BCUT2D eigenvalue weighted by atomic mass is 10.2. The first-order valence-electron chi connectivity index (χ1n) is 9.83. The molecule has 2 amide bonds. The largest absolute Gasteiger partial charge is 0.354 e. The fourth-order valence-corrected chi connectivity index (χ4v) is 4.95. The van der Waals surface area contributed by atoms with Gasteiger partial charge in [0.1, 0.15) is 5.65 Å². The fraction of sp³-hybridized carbons (Fsp3) is 0.250. The number of aryl methyl sites for hydroxylation is 1. The van der Waals surface area contributed by atoms with Gasteiger partial charge in [-0.3, -0.25) is 23.5 Å². The molecule has 2 N–H and O–H groups in total. The van der Waals surface area contributed by atoms with Gasteiger partial charge in [0.2, 0.25) is 15.9 Å². The van der Waals surface area contributed by atoms with E-state index in [9.17, 15) is 27.6 Å². The number of carbonyl (C=O) groups excluding carboxylic acids is 2. The van der Waals surface area contributed by atoms with E-state index in [0.29, 0.717) is 0 Å². The first-order chi connectivity index (χ1) is 15.6. The summed E-state index contributed by atoms with van der Waals surface area (Å²) in [6.07, 6.45) is 1.30. The van der Waals surface area contributed by atoms with Crippen molar-refractivity contribution in [3.8, 4) is 0 Å². The van der Waals surface area contributed by atoms with Crippen LogP contribution in [0.4, 0.5) is 5.69 Å². The Morgan fingerprint density at radius 1 is 1.12 bits per heavy atom. The Labute approximate surface area is 187 Å². The van der Waals surface area contributed by atoms with Gasteiger partial charge in [-0.2, -0.15) is 4.31 Å². The third-order valence-electron chi connectivity index (χ3n) is 5.29. The molecule has 13 heteroatoms. The number of benzene rings is 1. The smallest absolute Gasteiger partial charge is 0.332 e. The highest BCUT2D eigenvalue weighted by Gasteiger charge is 2.29. The number of pyridine rings is 1. The van der Waals surface area contributed by atoms with Crippen LogP contribution in [0.1, 0.15) is 10.4 Å². The van der Waals surface area contributed by atoms with E-state index in [1.54, 1.807) is 0 Å². The monoisotopic (exact) mass is 472 g/mol. The third kappa shape index (κ3) is 4.03.